The van der Waals surface area contributed by atoms with Crippen molar-refractivity contribution in [2.45, 2.75) is 13.5 Å². The SMILES string of the molecule is COc1cc(/C=N/OCC(=O)Nc2ccc(C)cc2F)ccc1OC(F)F. The zero-order chi connectivity index (χ0) is 19.8. The molecule has 0 atom stereocenters. The Morgan fingerprint density at radius 2 is 2.00 bits per heavy atom. The lowest BCUT2D eigenvalue weighted by Gasteiger charge is -2.09. The number of hydrogen-bond acceptors (Lipinski definition) is 5. The fourth-order valence-electron chi connectivity index (χ4n) is 2.06. The molecule has 0 heterocycles. The van der Waals surface area contributed by atoms with Crippen LogP contribution >= 0.6 is 0 Å². The van der Waals surface area contributed by atoms with Crippen molar-refractivity contribution in [3.05, 3.63) is 53.3 Å². The summed E-state index contributed by atoms with van der Waals surface area (Å²) in [6.07, 6.45) is 1.26. The summed E-state index contributed by atoms with van der Waals surface area (Å²) in [4.78, 5) is 16.6. The number of anilines is 1. The van der Waals surface area contributed by atoms with Crippen LogP contribution in [0, 0.1) is 12.7 Å². The fraction of sp³-hybridized carbons (Fsp3) is 0.222. The smallest absolute Gasteiger partial charge is 0.387 e. The molecule has 0 aliphatic heterocycles. The Morgan fingerprint density at radius 1 is 1.22 bits per heavy atom. The summed E-state index contributed by atoms with van der Waals surface area (Å²) < 4.78 is 47.5. The molecule has 2 aromatic carbocycles. The van der Waals surface area contributed by atoms with E-state index >= 15 is 0 Å². The van der Waals surface area contributed by atoms with Gasteiger partial charge in [0.1, 0.15) is 5.82 Å². The van der Waals surface area contributed by atoms with E-state index in [0.29, 0.717) is 5.56 Å². The second-order valence-electron chi connectivity index (χ2n) is 5.33. The first-order chi connectivity index (χ1) is 12.9. The van der Waals surface area contributed by atoms with Crippen molar-refractivity contribution in [3.8, 4) is 11.5 Å². The first kappa shape index (κ1) is 20.1. The second kappa shape index (κ2) is 9.46. The first-order valence-corrected chi connectivity index (χ1v) is 7.73. The molecule has 0 aliphatic carbocycles. The van der Waals surface area contributed by atoms with E-state index in [1.165, 1.54) is 43.7 Å². The minimum Gasteiger partial charge on any atom is -0.493 e. The Kier molecular flexibility index (Phi) is 7.04. The molecule has 0 saturated heterocycles. The Labute approximate surface area is 153 Å². The summed E-state index contributed by atoms with van der Waals surface area (Å²) in [7, 11) is 1.31. The summed E-state index contributed by atoms with van der Waals surface area (Å²) in [5.41, 5.74) is 1.24. The third-order valence-electron chi connectivity index (χ3n) is 3.27. The zero-order valence-corrected chi connectivity index (χ0v) is 14.5. The molecule has 0 spiro atoms. The van der Waals surface area contributed by atoms with E-state index in [0.717, 1.165) is 5.56 Å². The summed E-state index contributed by atoms with van der Waals surface area (Å²) >= 11 is 0. The Balaban J connectivity index is 1.88. The molecule has 6 nitrogen and oxygen atoms in total. The van der Waals surface area contributed by atoms with Crippen molar-refractivity contribution < 1.29 is 32.3 Å². The number of oxime groups is 1. The van der Waals surface area contributed by atoms with Crippen LogP contribution in [0.5, 0.6) is 11.5 Å². The summed E-state index contributed by atoms with van der Waals surface area (Å²) in [6, 6.07) is 8.55. The standard InChI is InChI=1S/C18H17F3N2O4/c1-11-3-5-14(13(19)7-11)23-17(24)10-26-22-9-12-4-6-15(27-18(20)21)16(8-12)25-2/h3-9,18H,10H2,1-2H3,(H,23,24)/b22-9+. The van der Waals surface area contributed by atoms with Crippen LogP contribution in [0.3, 0.4) is 0 Å². The van der Waals surface area contributed by atoms with Crippen LogP contribution in [0.4, 0.5) is 18.9 Å². The fourth-order valence-corrected chi connectivity index (χ4v) is 2.06. The van der Waals surface area contributed by atoms with Gasteiger partial charge in [0, 0.05) is 5.56 Å². The molecule has 2 aromatic rings. The second-order valence-corrected chi connectivity index (χ2v) is 5.33. The van der Waals surface area contributed by atoms with E-state index in [-0.39, 0.29) is 17.2 Å². The van der Waals surface area contributed by atoms with E-state index in [1.54, 1.807) is 13.0 Å². The van der Waals surface area contributed by atoms with E-state index in [1.807, 2.05) is 0 Å². The average Bonchev–Trinajstić information content (AvgIpc) is 2.61. The van der Waals surface area contributed by atoms with Gasteiger partial charge in [-0.2, -0.15) is 8.78 Å². The maximum Gasteiger partial charge on any atom is 0.387 e. The minimum absolute atomic E-state index is 0.0394. The lowest BCUT2D eigenvalue weighted by Crippen LogP contribution is -2.17. The number of hydrogen-bond donors (Lipinski definition) is 1. The van der Waals surface area contributed by atoms with Crippen LogP contribution < -0.4 is 14.8 Å². The Bertz CT molecular complexity index is 828. The zero-order valence-electron chi connectivity index (χ0n) is 14.5. The van der Waals surface area contributed by atoms with E-state index in [9.17, 15) is 18.0 Å². The van der Waals surface area contributed by atoms with Gasteiger partial charge in [-0.3, -0.25) is 4.79 Å². The topological polar surface area (TPSA) is 69.2 Å². The minimum atomic E-state index is -2.97. The number of aryl methyl sites for hydroxylation is 1. The van der Waals surface area contributed by atoms with Crippen LogP contribution in [0.25, 0.3) is 0 Å². The molecule has 0 bridgehead atoms. The van der Waals surface area contributed by atoms with Crippen molar-refractivity contribution in [2.24, 2.45) is 5.16 Å². The molecule has 0 saturated carbocycles. The van der Waals surface area contributed by atoms with Crippen molar-refractivity contribution in [1.82, 2.24) is 0 Å². The number of halogens is 3. The highest BCUT2D eigenvalue weighted by molar-refractivity contribution is 5.91. The van der Waals surface area contributed by atoms with Gasteiger partial charge in [0.15, 0.2) is 18.1 Å². The Hall–Kier alpha value is -3.23. The quantitative estimate of drug-likeness (QED) is 0.558. The Morgan fingerprint density at radius 3 is 2.67 bits per heavy atom. The molecule has 1 N–H and O–H groups in total. The predicted octanol–water partition coefficient (Wildman–Crippen LogP) is 3.73. The maximum atomic E-state index is 13.6. The molecule has 144 valence electrons. The van der Waals surface area contributed by atoms with Crippen molar-refractivity contribution >= 4 is 17.8 Å². The number of carbonyl (C=O) groups is 1. The van der Waals surface area contributed by atoms with Gasteiger partial charge in [-0.15, -0.1) is 0 Å². The number of rotatable bonds is 8. The number of amides is 1. The highest BCUT2D eigenvalue weighted by Crippen LogP contribution is 2.28. The summed E-state index contributed by atoms with van der Waals surface area (Å²) in [5, 5.41) is 5.96. The molecule has 0 aliphatic rings. The molecule has 2 rings (SSSR count). The predicted molar refractivity (Wildman–Crippen MR) is 92.9 cm³/mol. The number of ether oxygens (including phenoxy) is 2. The van der Waals surface area contributed by atoms with Crippen LogP contribution in [-0.2, 0) is 9.63 Å². The lowest BCUT2D eigenvalue weighted by atomic mass is 10.2. The van der Waals surface area contributed by atoms with Gasteiger partial charge in [-0.25, -0.2) is 4.39 Å². The van der Waals surface area contributed by atoms with Gasteiger partial charge in [-0.05, 0) is 42.8 Å². The monoisotopic (exact) mass is 382 g/mol. The highest BCUT2D eigenvalue weighted by atomic mass is 19.3. The van der Waals surface area contributed by atoms with Gasteiger partial charge >= 0.3 is 6.61 Å². The normalized spacial score (nSPS) is 10.9. The average molecular weight is 382 g/mol. The van der Waals surface area contributed by atoms with Gasteiger partial charge in [0.25, 0.3) is 5.91 Å². The first-order valence-electron chi connectivity index (χ1n) is 7.73. The lowest BCUT2D eigenvalue weighted by molar-refractivity contribution is -0.120. The largest absolute Gasteiger partial charge is 0.493 e. The van der Waals surface area contributed by atoms with E-state index < -0.39 is 24.9 Å². The number of alkyl halides is 2. The number of nitrogens with one attached hydrogen (secondary N) is 1. The molecule has 27 heavy (non-hydrogen) atoms. The van der Waals surface area contributed by atoms with Crippen LogP contribution in [-0.4, -0.2) is 32.4 Å². The van der Waals surface area contributed by atoms with Gasteiger partial charge in [0.2, 0.25) is 0 Å². The molecule has 9 heteroatoms. The third-order valence-corrected chi connectivity index (χ3v) is 3.27. The molecule has 0 radical (unpaired) electrons. The molecule has 0 unspecified atom stereocenters. The third kappa shape index (κ3) is 6.21. The molecule has 0 aromatic heterocycles. The van der Waals surface area contributed by atoms with Crippen molar-refractivity contribution in [3.63, 3.8) is 0 Å². The molecular weight excluding hydrogens is 365 g/mol. The number of nitrogens with zero attached hydrogens (tertiary/aromatic N) is 1. The maximum absolute atomic E-state index is 13.6. The summed E-state index contributed by atoms with van der Waals surface area (Å²) in [5.74, 6) is -1.17. The van der Waals surface area contributed by atoms with Crippen LogP contribution in [0.1, 0.15) is 11.1 Å². The van der Waals surface area contributed by atoms with Gasteiger partial charge < -0.3 is 19.6 Å². The van der Waals surface area contributed by atoms with E-state index in [2.05, 4.69) is 15.2 Å². The molecular formula is C18H17F3N2O4. The number of benzene rings is 2. The molecule has 1 amide bonds. The van der Waals surface area contributed by atoms with Crippen molar-refractivity contribution in [2.75, 3.05) is 19.0 Å². The van der Waals surface area contributed by atoms with Crippen LogP contribution in [0.2, 0.25) is 0 Å². The van der Waals surface area contributed by atoms with Gasteiger partial charge in [-0.1, -0.05) is 11.2 Å². The van der Waals surface area contributed by atoms with Crippen molar-refractivity contribution in [1.29, 1.82) is 0 Å². The number of carbonyl (C=O) groups excluding carboxylic acids is 1. The summed E-state index contributed by atoms with van der Waals surface area (Å²) in [6.45, 7) is -1.68. The van der Waals surface area contributed by atoms with Gasteiger partial charge in [0.05, 0.1) is 19.0 Å². The van der Waals surface area contributed by atoms with E-state index in [4.69, 9.17) is 9.57 Å². The highest BCUT2D eigenvalue weighted by Gasteiger charge is 2.11. The molecule has 0 fully saturated rings. The number of methoxy groups -OCH3 is 1. The van der Waals surface area contributed by atoms with Crippen LogP contribution in [0.15, 0.2) is 41.6 Å².